The van der Waals surface area contributed by atoms with Crippen LogP contribution in [0.5, 0.6) is 0 Å². The van der Waals surface area contributed by atoms with E-state index < -0.39 is 32.5 Å². The Morgan fingerprint density at radius 3 is 2.69 bits per heavy atom. The molecular formula is C15H18F2N4O3S2. The molecule has 0 saturated carbocycles. The van der Waals surface area contributed by atoms with E-state index in [2.05, 4.69) is 27.2 Å². The van der Waals surface area contributed by atoms with Gasteiger partial charge in [-0.1, -0.05) is 24.7 Å². The second-order valence-corrected chi connectivity index (χ2v) is 8.21. The Labute approximate surface area is 153 Å². The van der Waals surface area contributed by atoms with E-state index in [0.717, 1.165) is 36.4 Å². The van der Waals surface area contributed by atoms with Gasteiger partial charge in [-0.3, -0.25) is 4.79 Å². The summed E-state index contributed by atoms with van der Waals surface area (Å²) in [5.74, 6) is -2.84. The van der Waals surface area contributed by atoms with Crippen LogP contribution in [0.2, 0.25) is 0 Å². The highest BCUT2D eigenvalue weighted by Gasteiger charge is 2.17. The molecule has 0 bridgehead atoms. The standard InChI is InChI=1S/C15H18F2N4O3S2/c1-2-3-4-14-20-21-15(25-14)19-13(22)7-8-18-26(23,24)10-5-6-11(16)12(17)9-10/h5-6,9,18H,2-4,7-8H2,1H3,(H,19,21,22). The molecule has 0 aliphatic heterocycles. The van der Waals surface area contributed by atoms with Gasteiger partial charge in [-0.2, -0.15) is 0 Å². The summed E-state index contributed by atoms with van der Waals surface area (Å²) in [7, 11) is -4.04. The third-order valence-electron chi connectivity index (χ3n) is 3.30. The van der Waals surface area contributed by atoms with Gasteiger partial charge in [-0.05, 0) is 24.6 Å². The predicted octanol–water partition coefficient (Wildman–Crippen LogP) is 2.47. The van der Waals surface area contributed by atoms with Crippen molar-refractivity contribution in [3.05, 3.63) is 34.8 Å². The molecule has 7 nitrogen and oxygen atoms in total. The smallest absolute Gasteiger partial charge is 0.240 e. The Bertz CT molecular complexity index is 872. The second kappa shape index (κ2) is 9.10. The zero-order chi connectivity index (χ0) is 19.2. The maximum atomic E-state index is 13.1. The van der Waals surface area contributed by atoms with E-state index >= 15 is 0 Å². The molecule has 0 spiro atoms. The van der Waals surface area contributed by atoms with E-state index in [1.165, 1.54) is 11.3 Å². The van der Waals surface area contributed by atoms with Crippen LogP contribution in [0, 0.1) is 11.6 Å². The molecule has 142 valence electrons. The number of carbonyl (C=O) groups excluding carboxylic acids is 1. The lowest BCUT2D eigenvalue weighted by Gasteiger charge is -2.07. The fourth-order valence-electron chi connectivity index (χ4n) is 1.94. The summed E-state index contributed by atoms with van der Waals surface area (Å²) in [6.45, 7) is 1.86. The Balaban J connectivity index is 1.83. The molecule has 2 aromatic rings. The SMILES string of the molecule is CCCCc1nnc(NC(=O)CCNS(=O)(=O)c2ccc(F)c(F)c2)s1. The molecule has 0 atom stereocenters. The summed E-state index contributed by atoms with van der Waals surface area (Å²) in [5, 5.41) is 11.5. The van der Waals surface area contributed by atoms with Crippen LogP contribution in [-0.4, -0.2) is 31.1 Å². The first kappa shape index (κ1) is 20.3. The molecule has 0 aliphatic carbocycles. The molecule has 1 aromatic heterocycles. The van der Waals surface area contributed by atoms with Crippen molar-refractivity contribution in [3.63, 3.8) is 0 Å². The van der Waals surface area contributed by atoms with Gasteiger partial charge >= 0.3 is 0 Å². The second-order valence-electron chi connectivity index (χ2n) is 5.38. The van der Waals surface area contributed by atoms with Crippen LogP contribution in [0.4, 0.5) is 13.9 Å². The number of benzene rings is 1. The number of nitrogens with zero attached hydrogens (tertiary/aromatic N) is 2. The summed E-state index contributed by atoms with van der Waals surface area (Å²) in [6, 6.07) is 2.25. The molecule has 1 amide bonds. The van der Waals surface area contributed by atoms with Crippen molar-refractivity contribution in [1.29, 1.82) is 0 Å². The summed E-state index contributed by atoms with van der Waals surface area (Å²) >= 11 is 1.27. The van der Waals surface area contributed by atoms with Crippen LogP contribution in [0.25, 0.3) is 0 Å². The van der Waals surface area contributed by atoms with E-state index in [1.54, 1.807) is 0 Å². The highest BCUT2D eigenvalue weighted by atomic mass is 32.2. The highest BCUT2D eigenvalue weighted by molar-refractivity contribution is 7.89. The lowest BCUT2D eigenvalue weighted by atomic mass is 10.3. The van der Waals surface area contributed by atoms with Crippen LogP contribution in [0.3, 0.4) is 0 Å². The zero-order valence-electron chi connectivity index (χ0n) is 14.0. The van der Waals surface area contributed by atoms with Crippen molar-refractivity contribution in [2.24, 2.45) is 0 Å². The number of anilines is 1. The third kappa shape index (κ3) is 5.78. The van der Waals surface area contributed by atoms with E-state index in [1.807, 2.05) is 0 Å². The van der Waals surface area contributed by atoms with Gasteiger partial charge in [0.05, 0.1) is 4.90 Å². The van der Waals surface area contributed by atoms with Crippen molar-refractivity contribution in [2.45, 2.75) is 37.5 Å². The first-order valence-corrected chi connectivity index (χ1v) is 10.2. The molecule has 1 aromatic carbocycles. The van der Waals surface area contributed by atoms with E-state index in [-0.39, 0.29) is 13.0 Å². The zero-order valence-corrected chi connectivity index (χ0v) is 15.6. The predicted molar refractivity (Wildman–Crippen MR) is 93.3 cm³/mol. The van der Waals surface area contributed by atoms with Crippen LogP contribution in [-0.2, 0) is 21.2 Å². The Morgan fingerprint density at radius 1 is 1.23 bits per heavy atom. The van der Waals surface area contributed by atoms with E-state index in [0.29, 0.717) is 11.2 Å². The molecule has 0 saturated heterocycles. The number of hydrogen-bond donors (Lipinski definition) is 2. The number of aromatic nitrogens is 2. The van der Waals surface area contributed by atoms with Gasteiger partial charge < -0.3 is 5.32 Å². The summed E-state index contributed by atoms with van der Waals surface area (Å²) < 4.78 is 52.1. The summed E-state index contributed by atoms with van der Waals surface area (Å²) in [4.78, 5) is 11.4. The number of hydrogen-bond acceptors (Lipinski definition) is 6. The van der Waals surface area contributed by atoms with Crippen LogP contribution in [0.15, 0.2) is 23.1 Å². The minimum absolute atomic E-state index is 0.146. The number of aryl methyl sites for hydroxylation is 1. The number of amides is 1. The molecule has 1 heterocycles. The lowest BCUT2D eigenvalue weighted by Crippen LogP contribution is -2.28. The molecule has 0 radical (unpaired) electrons. The fraction of sp³-hybridized carbons (Fsp3) is 0.400. The summed E-state index contributed by atoms with van der Waals surface area (Å²) in [5.41, 5.74) is 0. The Kier molecular flexibility index (Phi) is 7.12. The maximum absolute atomic E-state index is 13.1. The normalized spacial score (nSPS) is 11.5. The van der Waals surface area contributed by atoms with Crippen LogP contribution < -0.4 is 10.0 Å². The van der Waals surface area contributed by atoms with Crippen LogP contribution in [0.1, 0.15) is 31.2 Å². The van der Waals surface area contributed by atoms with Gasteiger partial charge in [0.25, 0.3) is 0 Å². The quantitative estimate of drug-likeness (QED) is 0.669. The van der Waals surface area contributed by atoms with Gasteiger partial charge in [-0.15, -0.1) is 10.2 Å². The van der Waals surface area contributed by atoms with Gasteiger partial charge in [0.2, 0.25) is 21.1 Å². The molecule has 0 unspecified atom stereocenters. The fourth-order valence-corrected chi connectivity index (χ4v) is 3.78. The lowest BCUT2D eigenvalue weighted by molar-refractivity contribution is -0.116. The summed E-state index contributed by atoms with van der Waals surface area (Å²) in [6.07, 6.45) is 2.65. The number of unbranched alkanes of at least 4 members (excludes halogenated alkanes) is 1. The van der Waals surface area contributed by atoms with E-state index in [9.17, 15) is 22.0 Å². The maximum Gasteiger partial charge on any atom is 0.240 e. The van der Waals surface area contributed by atoms with Crippen molar-refractivity contribution >= 4 is 32.4 Å². The molecule has 0 aliphatic rings. The number of carbonyl (C=O) groups is 1. The molecule has 2 N–H and O–H groups in total. The van der Waals surface area contributed by atoms with Crippen molar-refractivity contribution in [2.75, 3.05) is 11.9 Å². The number of sulfonamides is 1. The Hall–Kier alpha value is -1.98. The molecule has 11 heteroatoms. The molecular weight excluding hydrogens is 386 g/mol. The monoisotopic (exact) mass is 404 g/mol. The van der Waals surface area contributed by atoms with Gasteiger partial charge in [-0.25, -0.2) is 21.9 Å². The van der Waals surface area contributed by atoms with Gasteiger partial charge in [0.1, 0.15) is 5.01 Å². The highest BCUT2D eigenvalue weighted by Crippen LogP contribution is 2.17. The van der Waals surface area contributed by atoms with Gasteiger partial charge in [0, 0.05) is 19.4 Å². The molecule has 0 fully saturated rings. The molecule has 2 rings (SSSR count). The van der Waals surface area contributed by atoms with Crippen molar-refractivity contribution in [3.8, 4) is 0 Å². The average Bonchev–Trinajstić information content (AvgIpc) is 3.02. The van der Waals surface area contributed by atoms with E-state index in [4.69, 9.17) is 0 Å². The minimum atomic E-state index is -4.04. The van der Waals surface area contributed by atoms with Gasteiger partial charge in [0.15, 0.2) is 11.6 Å². The largest absolute Gasteiger partial charge is 0.300 e. The average molecular weight is 404 g/mol. The third-order valence-corrected chi connectivity index (χ3v) is 5.66. The first-order chi connectivity index (χ1) is 12.3. The number of rotatable bonds is 9. The molecule has 26 heavy (non-hydrogen) atoms. The Morgan fingerprint density at radius 2 is 2.00 bits per heavy atom. The van der Waals surface area contributed by atoms with Crippen molar-refractivity contribution in [1.82, 2.24) is 14.9 Å². The number of halogens is 2. The topological polar surface area (TPSA) is 101 Å². The minimum Gasteiger partial charge on any atom is -0.300 e. The van der Waals surface area contributed by atoms with Crippen molar-refractivity contribution < 1.29 is 22.0 Å². The first-order valence-electron chi connectivity index (χ1n) is 7.88. The number of nitrogens with one attached hydrogen (secondary N) is 2. The van der Waals surface area contributed by atoms with Crippen LogP contribution >= 0.6 is 11.3 Å².